The summed E-state index contributed by atoms with van der Waals surface area (Å²) < 4.78 is 0. The van der Waals surface area contributed by atoms with E-state index in [0.29, 0.717) is 0 Å². The van der Waals surface area contributed by atoms with Crippen LogP contribution in [-0.4, -0.2) is 5.60 Å². The topological polar surface area (TPSA) is 23.1 Å². The Morgan fingerprint density at radius 2 is 0.833 bits per heavy atom. The van der Waals surface area contributed by atoms with Gasteiger partial charge in [-0.15, -0.1) is 5.60 Å². The van der Waals surface area contributed by atoms with Crippen molar-refractivity contribution >= 4 is 0 Å². The van der Waals surface area contributed by atoms with Crippen LogP contribution in [0.25, 0.3) is 0 Å². The van der Waals surface area contributed by atoms with E-state index in [1.54, 1.807) is 20.8 Å². The molecule has 0 bridgehead atoms. The Bertz CT molecular complexity index is 134. The Labute approximate surface area is 97.1 Å². The Balaban J connectivity index is 0. The molecule has 62 valence electrons. The molecular weight excluding hydrogens is 159 g/mol. The van der Waals surface area contributed by atoms with E-state index in [1.165, 1.54) is 0 Å². The first-order valence-corrected chi connectivity index (χ1v) is 3.70. The zero-order valence-electron chi connectivity index (χ0n) is 8.37. The van der Waals surface area contributed by atoms with Gasteiger partial charge in [-0.3, -0.25) is 0 Å². The summed E-state index contributed by atoms with van der Waals surface area (Å²) in [4.78, 5) is 0. The van der Waals surface area contributed by atoms with E-state index in [0.717, 1.165) is 0 Å². The molecule has 0 aliphatic rings. The van der Waals surface area contributed by atoms with Crippen molar-refractivity contribution in [2.24, 2.45) is 0 Å². The zero-order valence-corrected chi connectivity index (χ0v) is 10.4. The molecule has 1 nitrogen and oxygen atoms in total. The van der Waals surface area contributed by atoms with Gasteiger partial charge in [0.1, 0.15) is 0 Å². The second-order valence-corrected chi connectivity index (χ2v) is 3.27. The molecule has 1 aromatic carbocycles. The standard InChI is InChI=1S/C6H6.C4H9O.Na/c1-2-4-6-5-3-1;1-4(2,3)5;/h1-6H;1-3H3;/q;-1;+1. The molecule has 0 aliphatic carbocycles. The monoisotopic (exact) mass is 174 g/mol. The van der Waals surface area contributed by atoms with Crippen LogP contribution in [0.15, 0.2) is 36.4 Å². The van der Waals surface area contributed by atoms with Crippen LogP contribution in [0.2, 0.25) is 0 Å². The van der Waals surface area contributed by atoms with Crippen LogP contribution in [-0.2, 0) is 0 Å². The van der Waals surface area contributed by atoms with Gasteiger partial charge in [-0.1, -0.05) is 57.2 Å². The summed E-state index contributed by atoms with van der Waals surface area (Å²) >= 11 is 0. The Morgan fingerprint density at radius 3 is 0.917 bits per heavy atom. The SMILES string of the molecule is CC(C)(C)[O-].[Na+].c1ccccc1. The Kier molecular flexibility index (Phi) is 9.56. The second kappa shape index (κ2) is 7.81. The molecule has 0 aliphatic heterocycles. The molecule has 1 aromatic rings. The predicted octanol–water partition coefficient (Wildman–Crippen LogP) is -1.16. The van der Waals surface area contributed by atoms with Crippen LogP contribution >= 0.6 is 0 Å². The van der Waals surface area contributed by atoms with Crippen molar-refractivity contribution in [3.63, 3.8) is 0 Å². The summed E-state index contributed by atoms with van der Waals surface area (Å²) in [6, 6.07) is 12.0. The molecule has 0 heterocycles. The van der Waals surface area contributed by atoms with Crippen molar-refractivity contribution in [1.82, 2.24) is 0 Å². The van der Waals surface area contributed by atoms with Gasteiger partial charge >= 0.3 is 29.6 Å². The van der Waals surface area contributed by atoms with Gasteiger partial charge in [-0.25, -0.2) is 0 Å². The van der Waals surface area contributed by atoms with Gasteiger partial charge in [-0.05, 0) is 0 Å². The zero-order chi connectivity index (χ0) is 8.74. The normalized spacial score (nSPS) is 9.00. The van der Waals surface area contributed by atoms with E-state index < -0.39 is 5.60 Å². The van der Waals surface area contributed by atoms with Crippen molar-refractivity contribution in [2.45, 2.75) is 26.4 Å². The summed E-state index contributed by atoms with van der Waals surface area (Å²) in [5, 5.41) is 10.1. The molecule has 0 saturated heterocycles. The fourth-order valence-electron chi connectivity index (χ4n) is 0.385. The third kappa shape index (κ3) is 22.5. The molecule has 0 radical (unpaired) electrons. The Hall–Kier alpha value is 0.180. The average Bonchev–Trinajstić information content (AvgIpc) is 1.88. The van der Waals surface area contributed by atoms with Crippen LogP contribution in [0, 0.1) is 0 Å². The van der Waals surface area contributed by atoms with E-state index >= 15 is 0 Å². The molecule has 0 amide bonds. The third-order valence-corrected chi connectivity index (χ3v) is 0.667. The quantitative estimate of drug-likeness (QED) is 0.455. The van der Waals surface area contributed by atoms with E-state index in [1.807, 2.05) is 36.4 Å². The summed E-state index contributed by atoms with van der Waals surface area (Å²) in [6.45, 7) is 4.90. The van der Waals surface area contributed by atoms with Crippen LogP contribution in [0.4, 0.5) is 0 Å². The van der Waals surface area contributed by atoms with Crippen molar-refractivity contribution in [1.29, 1.82) is 0 Å². The maximum atomic E-state index is 10.1. The van der Waals surface area contributed by atoms with Gasteiger partial charge in [0.25, 0.3) is 0 Å². The summed E-state index contributed by atoms with van der Waals surface area (Å²) in [7, 11) is 0. The van der Waals surface area contributed by atoms with E-state index in [2.05, 4.69) is 0 Å². The molecule has 2 heteroatoms. The minimum Gasteiger partial charge on any atom is -0.850 e. The smallest absolute Gasteiger partial charge is 0.850 e. The summed E-state index contributed by atoms with van der Waals surface area (Å²) in [6.07, 6.45) is 0. The van der Waals surface area contributed by atoms with Crippen molar-refractivity contribution in [2.75, 3.05) is 0 Å². The van der Waals surface area contributed by atoms with Gasteiger partial charge < -0.3 is 5.11 Å². The van der Waals surface area contributed by atoms with E-state index in [-0.39, 0.29) is 29.6 Å². The largest absolute Gasteiger partial charge is 1.00 e. The van der Waals surface area contributed by atoms with Gasteiger partial charge in [0.15, 0.2) is 0 Å². The van der Waals surface area contributed by atoms with Gasteiger partial charge in [-0.2, -0.15) is 0 Å². The molecule has 0 fully saturated rings. The van der Waals surface area contributed by atoms with Gasteiger partial charge in [0, 0.05) is 0 Å². The second-order valence-electron chi connectivity index (χ2n) is 3.27. The summed E-state index contributed by atoms with van der Waals surface area (Å²) in [5.74, 6) is 0. The number of hydrogen-bond acceptors (Lipinski definition) is 1. The number of rotatable bonds is 0. The van der Waals surface area contributed by atoms with Crippen LogP contribution in [0.1, 0.15) is 20.8 Å². The van der Waals surface area contributed by atoms with Gasteiger partial charge in [0.2, 0.25) is 0 Å². The fraction of sp³-hybridized carbons (Fsp3) is 0.400. The van der Waals surface area contributed by atoms with Crippen molar-refractivity contribution in [3.05, 3.63) is 36.4 Å². The molecule has 0 aromatic heterocycles. The number of hydrogen-bond donors (Lipinski definition) is 0. The minimum absolute atomic E-state index is 0. The molecule has 0 spiro atoms. The predicted molar refractivity (Wildman–Crippen MR) is 46.2 cm³/mol. The maximum Gasteiger partial charge on any atom is 1.00 e. The van der Waals surface area contributed by atoms with Crippen molar-refractivity contribution < 1.29 is 34.7 Å². The Morgan fingerprint density at radius 1 is 0.750 bits per heavy atom. The van der Waals surface area contributed by atoms with Gasteiger partial charge in [0.05, 0.1) is 0 Å². The fourth-order valence-corrected chi connectivity index (χ4v) is 0.385. The number of benzene rings is 1. The molecule has 1 rings (SSSR count). The minimum atomic E-state index is -0.750. The molecule has 12 heavy (non-hydrogen) atoms. The first kappa shape index (κ1) is 14.7. The molecule has 0 N–H and O–H groups in total. The molecule has 0 atom stereocenters. The first-order valence-electron chi connectivity index (χ1n) is 3.70. The van der Waals surface area contributed by atoms with Crippen LogP contribution in [0.5, 0.6) is 0 Å². The molecule has 0 saturated carbocycles. The third-order valence-electron chi connectivity index (χ3n) is 0.667. The summed E-state index contributed by atoms with van der Waals surface area (Å²) in [5.41, 5.74) is -0.750. The van der Waals surface area contributed by atoms with Crippen molar-refractivity contribution in [3.8, 4) is 0 Å². The maximum absolute atomic E-state index is 10.1. The molecule has 0 unspecified atom stereocenters. The van der Waals surface area contributed by atoms with E-state index in [9.17, 15) is 5.11 Å². The van der Waals surface area contributed by atoms with Crippen LogP contribution in [0.3, 0.4) is 0 Å². The van der Waals surface area contributed by atoms with E-state index in [4.69, 9.17) is 0 Å². The average molecular weight is 174 g/mol. The molecular formula is C10H15NaO. The first-order chi connectivity index (χ1) is 5.00. The van der Waals surface area contributed by atoms with Crippen LogP contribution < -0.4 is 34.7 Å².